The second-order valence-electron chi connectivity index (χ2n) is 4.16. The first-order valence-electron chi connectivity index (χ1n) is 6.13. The molecular weight excluding hydrogens is 272 g/mol. The molecule has 1 aliphatic heterocycles. The molecular formula is C15H12N2O2S. The number of carbonyl (C=O) groups is 1. The van der Waals surface area contributed by atoms with Gasteiger partial charge in [0.05, 0.1) is 0 Å². The number of amides is 1. The highest BCUT2D eigenvalue weighted by atomic mass is 32.1. The van der Waals surface area contributed by atoms with Gasteiger partial charge in [0.15, 0.2) is 0 Å². The molecule has 0 radical (unpaired) electrons. The lowest BCUT2D eigenvalue weighted by Crippen LogP contribution is -2.28. The first-order chi connectivity index (χ1) is 9.81. The first kappa shape index (κ1) is 12.6. The first-order valence-corrected chi connectivity index (χ1v) is 7.01. The summed E-state index contributed by atoms with van der Waals surface area (Å²) in [5.41, 5.74) is 0.416. The van der Waals surface area contributed by atoms with E-state index < -0.39 is 0 Å². The molecule has 1 aromatic heterocycles. The number of carbonyl (C=O) groups excluding carboxylic acids is 1. The number of benzene rings is 1. The Morgan fingerprint density at radius 1 is 1.20 bits per heavy atom. The van der Waals surface area contributed by atoms with E-state index in [9.17, 15) is 4.79 Å². The molecule has 100 valence electrons. The van der Waals surface area contributed by atoms with Crippen molar-refractivity contribution in [1.29, 1.82) is 0 Å². The van der Waals surface area contributed by atoms with E-state index >= 15 is 0 Å². The van der Waals surface area contributed by atoms with Crippen LogP contribution in [0.4, 0.5) is 0 Å². The molecule has 2 heterocycles. The highest BCUT2D eigenvalue weighted by molar-refractivity contribution is 7.10. The number of nitrogens with one attached hydrogen (secondary N) is 1. The Hall–Kier alpha value is -2.40. The fraction of sp³-hybridized carbons (Fsp3) is 0.0667. The van der Waals surface area contributed by atoms with Crippen LogP contribution in [-0.4, -0.2) is 18.3 Å². The number of hydrogen-bond acceptors (Lipinski definition) is 4. The van der Waals surface area contributed by atoms with Crippen molar-refractivity contribution in [3.05, 3.63) is 58.4 Å². The summed E-state index contributed by atoms with van der Waals surface area (Å²) in [5.74, 6) is 1.09. The van der Waals surface area contributed by atoms with Gasteiger partial charge in [-0.15, -0.1) is 11.3 Å². The molecule has 0 unspecified atom stereocenters. The second kappa shape index (κ2) is 5.71. The second-order valence-corrected chi connectivity index (χ2v) is 5.14. The molecule has 5 heteroatoms. The van der Waals surface area contributed by atoms with Crippen LogP contribution < -0.4 is 10.1 Å². The molecule has 0 saturated carbocycles. The van der Waals surface area contributed by atoms with Crippen molar-refractivity contribution in [3.63, 3.8) is 0 Å². The van der Waals surface area contributed by atoms with Gasteiger partial charge in [0, 0.05) is 4.88 Å². The van der Waals surface area contributed by atoms with Crippen LogP contribution in [0.2, 0.25) is 0 Å². The van der Waals surface area contributed by atoms with Crippen LogP contribution in [0, 0.1) is 0 Å². The molecule has 0 bridgehead atoms. The summed E-state index contributed by atoms with van der Waals surface area (Å²) in [6, 6.07) is 13.3. The molecule has 0 fully saturated rings. The third kappa shape index (κ3) is 2.95. The van der Waals surface area contributed by atoms with Gasteiger partial charge in [0.25, 0.3) is 5.91 Å². The van der Waals surface area contributed by atoms with Gasteiger partial charge in [-0.2, -0.15) is 0 Å². The number of rotatable bonds is 4. The normalized spacial score (nSPS) is 16.1. The zero-order chi connectivity index (χ0) is 13.8. The largest absolute Gasteiger partial charge is 0.486 e. The Kier molecular flexibility index (Phi) is 3.60. The summed E-state index contributed by atoms with van der Waals surface area (Å²) < 4.78 is 5.55. The van der Waals surface area contributed by atoms with Gasteiger partial charge >= 0.3 is 0 Å². The van der Waals surface area contributed by atoms with Gasteiger partial charge in [-0.1, -0.05) is 24.3 Å². The monoisotopic (exact) mass is 284 g/mol. The minimum atomic E-state index is -0.190. The van der Waals surface area contributed by atoms with Crippen molar-refractivity contribution in [2.24, 2.45) is 4.99 Å². The van der Waals surface area contributed by atoms with E-state index in [4.69, 9.17) is 4.74 Å². The summed E-state index contributed by atoms with van der Waals surface area (Å²) in [6.45, 7) is 0.248. The maximum atomic E-state index is 11.8. The van der Waals surface area contributed by atoms with Crippen LogP contribution in [0.3, 0.4) is 0 Å². The molecule has 0 atom stereocenters. The lowest BCUT2D eigenvalue weighted by molar-refractivity contribution is -0.115. The molecule has 4 nitrogen and oxygen atoms in total. The topological polar surface area (TPSA) is 50.7 Å². The van der Waals surface area contributed by atoms with Gasteiger partial charge in [-0.3, -0.25) is 4.79 Å². The van der Waals surface area contributed by atoms with Crippen molar-refractivity contribution >= 4 is 29.2 Å². The minimum absolute atomic E-state index is 0.190. The molecule has 2 aromatic rings. The number of ether oxygens (including phenoxy) is 1. The predicted octanol–water partition coefficient (Wildman–Crippen LogP) is 2.70. The number of hydrogen-bond donors (Lipinski definition) is 1. The van der Waals surface area contributed by atoms with Crippen LogP contribution in [0.15, 0.2) is 58.5 Å². The average molecular weight is 284 g/mol. The Labute approximate surface area is 120 Å². The molecule has 0 aliphatic carbocycles. The van der Waals surface area contributed by atoms with Crippen LogP contribution in [0.5, 0.6) is 5.75 Å². The quantitative estimate of drug-likeness (QED) is 0.878. The smallest absolute Gasteiger partial charge is 0.275 e. The number of aliphatic imine (C=N–C) groups is 1. The van der Waals surface area contributed by atoms with Crippen LogP contribution >= 0.6 is 11.3 Å². The van der Waals surface area contributed by atoms with Crippen LogP contribution in [0.1, 0.15) is 4.88 Å². The molecule has 3 rings (SSSR count). The Morgan fingerprint density at radius 2 is 2.05 bits per heavy atom. The van der Waals surface area contributed by atoms with Crippen molar-refractivity contribution in [3.8, 4) is 5.75 Å². The summed E-state index contributed by atoms with van der Waals surface area (Å²) >= 11 is 1.57. The molecule has 1 amide bonds. The zero-order valence-corrected chi connectivity index (χ0v) is 11.4. The van der Waals surface area contributed by atoms with Gasteiger partial charge in [0.2, 0.25) is 0 Å². The minimum Gasteiger partial charge on any atom is -0.486 e. The van der Waals surface area contributed by atoms with E-state index in [2.05, 4.69) is 10.3 Å². The van der Waals surface area contributed by atoms with Crippen molar-refractivity contribution < 1.29 is 9.53 Å². The average Bonchev–Trinajstić information content (AvgIpc) is 3.09. The van der Waals surface area contributed by atoms with Gasteiger partial charge in [-0.25, -0.2) is 4.99 Å². The van der Waals surface area contributed by atoms with Crippen molar-refractivity contribution in [1.82, 2.24) is 5.32 Å². The lowest BCUT2D eigenvalue weighted by Gasteiger charge is -2.04. The van der Waals surface area contributed by atoms with E-state index in [-0.39, 0.29) is 12.5 Å². The Morgan fingerprint density at radius 3 is 2.80 bits per heavy atom. The lowest BCUT2D eigenvalue weighted by atomic mass is 10.3. The molecule has 1 aromatic carbocycles. The molecule has 0 saturated heterocycles. The van der Waals surface area contributed by atoms with Crippen molar-refractivity contribution in [2.45, 2.75) is 0 Å². The van der Waals surface area contributed by atoms with E-state index in [1.54, 1.807) is 17.4 Å². The van der Waals surface area contributed by atoms with Crippen LogP contribution in [-0.2, 0) is 4.79 Å². The fourth-order valence-corrected chi connectivity index (χ4v) is 2.41. The maximum Gasteiger partial charge on any atom is 0.275 e. The molecule has 20 heavy (non-hydrogen) atoms. The number of para-hydroxylation sites is 1. The summed E-state index contributed by atoms with van der Waals surface area (Å²) in [6.07, 6.45) is 1.77. The van der Waals surface area contributed by atoms with E-state index in [1.807, 2.05) is 47.8 Å². The number of nitrogens with zero attached hydrogens (tertiary/aromatic N) is 1. The summed E-state index contributed by atoms with van der Waals surface area (Å²) in [5, 5.41) is 4.67. The Bertz CT molecular complexity index is 660. The Balaban J connectivity index is 1.68. The van der Waals surface area contributed by atoms with Crippen molar-refractivity contribution in [2.75, 3.05) is 6.61 Å². The molecule has 0 spiro atoms. The third-order valence-electron chi connectivity index (χ3n) is 2.69. The highest BCUT2D eigenvalue weighted by Gasteiger charge is 2.20. The molecule has 1 aliphatic rings. The maximum absolute atomic E-state index is 11.8. The summed E-state index contributed by atoms with van der Waals surface area (Å²) in [7, 11) is 0. The van der Waals surface area contributed by atoms with E-state index in [0.717, 1.165) is 10.6 Å². The fourth-order valence-electron chi connectivity index (χ4n) is 1.76. The zero-order valence-electron chi connectivity index (χ0n) is 10.6. The molecule has 1 N–H and O–H groups in total. The highest BCUT2D eigenvalue weighted by Crippen LogP contribution is 2.16. The number of thiophene rings is 1. The van der Waals surface area contributed by atoms with Gasteiger partial charge < -0.3 is 10.1 Å². The standard InChI is InChI=1S/C15H12N2O2S/c18-15-13(9-12-7-4-8-20-12)16-14(17-15)10-19-11-5-2-1-3-6-11/h1-9H,10H2,(H,16,17,18)/b13-9+. The number of amidine groups is 1. The third-order valence-corrected chi connectivity index (χ3v) is 3.51. The van der Waals surface area contributed by atoms with E-state index in [0.29, 0.717) is 11.5 Å². The predicted molar refractivity (Wildman–Crippen MR) is 79.8 cm³/mol. The SMILES string of the molecule is O=C1NC(COc2ccccc2)=N/C1=C/c1cccs1. The van der Waals surface area contributed by atoms with Gasteiger partial charge in [-0.05, 0) is 29.7 Å². The van der Waals surface area contributed by atoms with Gasteiger partial charge in [0.1, 0.15) is 23.9 Å². The van der Waals surface area contributed by atoms with Crippen LogP contribution in [0.25, 0.3) is 6.08 Å². The van der Waals surface area contributed by atoms with E-state index in [1.165, 1.54) is 0 Å². The summed E-state index contributed by atoms with van der Waals surface area (Å²) in [4.78, 5) is 17.0.